The lowest BCUT2D eigenvalue weighted by Gasteiger charge is -2.03. The van der Waals surface area contributed by atoms with Gasteiger partial charge in [-0.2, -0.15) is 0 Å². The standard InChI is InChI=1S/C11H8ClN3O2/c1-6-13-11(12)10(15-14-6)7-2-3-8-9(4-7)17-5-16-8/h2-4H,5H2,1H3. The maximum atomic E-state index is 6.03. The summed E-state index contributed by atoms with van der Waals surface area (Å²) in [5.41, 5.74) is 1.34. The second-order valence-electron chi connectivity index (χ2n) is 3.57. The second-order valence-corrected chi connectivity index (χ2v) is 3.92. The van der Waals surface area contributed by atoms with Crippen molar-refractivity contribution in [3.63, 3.8) is 0 Å². The summed E-state index contributed by atoms with van der Waals surface area (Å²) in [4.78, 5) is 4.06. The number of nitrogens with zero attached hydrogens (tertiary/aromatic N) is 3. The SMILES string of the molecule is Cc1nnc(-c2ccc3c(c2)OCO3)c(Cl)n1. The zero-order chi connectivity index (χ0) is 11.8. The molecule has 2 heterocycles. The van der Waals surface area contributed by atoms with Crippen molar-refractivity contribution < 1.29 is 9.47 Å². The van der Waals surface area contributed by atoms with Crippen LogP contribution in [-0.2, 0) is 0 Å². The van der Waals surface area contributed by atoms with Crippen molar-refractivity contribution >= 4 is 11.6 Å². The molecule has 0 atom stereocenters. The molecule has 0 unspecified atom stereocenters. The van der Waals surface area contributed by atoms with Crippen LogP contribution in [-0.4, -0.2) is 22.0 Å². The Kier molecular flexibility index (Phi) is 2.33. The van der Waals surface area contributed by atoms with Gasteiger partial charge >= 0.3 is 0 Å². The minimum Gasteiger partial charge on any atom is -0.454 e. The number of aromatic nitrogens is 3. The van der Waals surface area contributed by atoms with Crippen LogP contribution in [0.25, 0.3) is 11.3 Å². The first kappa shape index (κ1) is 10.3. The molecule has 1 aromatic carbocycles. The van der Waals surface area contributed by atoms with Gasteiger partial charge in [-0.05, 0) is 25.1 Å². The smallest absolute Gasteiger partial charge is 0.231 e. The topological polar surface area (TPSA) is 57.1 Å². The lowest BCUT2D eigenvalue weighted by atomic mass is 10.1. The first-order valence-corrected chi connectivity index (χ1v) is 5.39. The summed E-state index contributed by atoms with van der Waals surface area (Å²) in [6.45, 7) is 1.98. The van der Waals surface area contributed by atoms with Crippen LogP contribution in [0.1, 0.15) is 5.82 Å². The van der Waals surface area contributed by atoms with Gasteiger partial charge in [-0.25, -0.2) is 4.98 Å². The molecule has 0 bridgehead atoms. The minimum absolute atomic E-state index is 0.240. The summed E-state index contributed by atoms with van der Waals surface area (Å²) >= 11 is 6.03. The van der Waals surface area contributed by atoms with Gasteiger partial charge in [0.05, 0.1) is 0 Å². The van der Waals surface area contributed by atoms with E-state index >= 15 is 0 Å². The molecule has 0 spiro atoms. The monoisotopic (exact) mass is 249 g/mol. The van der Waals surface area contributed by atoms with Crippen LogP contribution in [0.3, 0.4) is 0 Å². The number of ether oxygens (including phenoxy) is 2. The molecule has 1 aliphatic heterocycles. The molecule has 0 radical (unpaired) electrons. The number of fused-ring (bicyclic) bond motifs is 1. The molecule has 3 rings (SSSR count). The number of rotatable bonds is 1. The molecule has 1 aromatic heterocycles. The van der Waals surface area contributed by atoms with Gasteiger partial charge in [0.15, 0.2) is 16.7 Å². The van der Waals surface area contributed by atoms with Crippen molar-refractivity contribution in [1.82, 2.24) is 15.2 Å². The molecule has 86 valence electrons. The van der Waals surface area contributed by atoms with Crippen molar-refractivity contribution in [2.24, 2.45) is 0 Å². The van der Waals surface area contributed by atoms with E-state index in [-0.39, 0.29) is 6.79 Å². The molecule has 0 saturated heterocycles. The van der Waals surface area contributed by atoms with Crippen molar-refractivity contribution in [3.05, 3.63) is 29.2 Å². The summed E-state index contributed by atoms with van der Waals surface area (Å²) in [6.07, 6.45) is 0. The van der Waals surface area contributed by atoms with Gasteiger partial charge in [0.25, 0.3) is 0 Å². The van der Waals surface area contributed by atoms with Gasteiger partial charge < -0.3 is 9.47 Å². The van der Waals surface area contributed by atoms with E-state index in [1.54, 1.807) is 6.92 Å². The van der Waals surface area contributed by atoms with Crippen LogP contribution in [0.2, 0.25) is 5.15 Å². The third kappa shape index (κ3) is 1.78. The zero-order valence-corrected chi connectivity index (χ0v) is 9.73. The van der Waals surface area contributed by atoms with Crippen molar-refractivity contribution in [2.75, 3.05) is 6.79 Å². The maximum absolute atomic E-state index is 6.03. The quantitative estimate of drug-likeness (QED) is 0.776. The van der Waals surface area contributed by atoms with Gasteiger partial charge in [0, 0.05) is 5.56 Å². The summed E-state index contributed by atoms with van der Waals surface area (Å²) < 4.78 is 10.5. The highest BCUT2D eigenvalue weighted by Gasteiger charge is 2.16. The average molecular weight is 250 g/mol. The maximum Gasteiger partial charge on any atom is 0.231 e. The lowest BCUT2D eigenvalue weighted by molar-refractivity contribution is 0.174. The first-order valence-electron chi connectivity index (χ1n) is 5.01. The Morgan fingerprint density at radius 2 is 2.00 bits per heavy atom. The third-order valence-electron chi connectivity index (χ3n) is 2.40. The zero-order valence-electron chi connectivity index (χ0n) is 8.98. The van der Waals surface area contributed by atoms with E-state index in [4.69, 9.17) is 21.1 Å². The molecule has 0 saturated carbocycles. The van der Waals surface area contributed by atoms with Crippen LogP contribution in [0.4, 0.5) is 0 Å². The third-order valence-corrected chi connectivity index (χ3v) is 2.66. The van der Waals surface area contributed by atoms with E-state index in [0.717, 1.165) is 11.3 Å². The molecule has 2 aromatic rings. The van der Waals surface area contributed by atoms with E-state index < -0.39 is 0 Å². The van der Waals surface area contributed by atoms with E-state index in [9.17, 15) is 0 Å². The summed E-state index contributed by atoms with van der Waals surface area (Å²) in [5.74, 6) is 1.94. The number of hydrogen-bond donors (Lipinski definition) is 0. The summed E-state index contributed by atoms with van der Waals surface area (Å²) in [7, 11) is 0. The summed E-state index contributed by atoms with van der Waals surface area (Å²) in [5, 5.41) is 8.25. The molecule has 0 amide bonds. The van der Waals surface area contributed by atoms with Gasteiger partial charge in [0.2, 0.25) is 6.79 Å². The van der Waals surface area contributed by atoms with Crippen LogP contribution in [0.15, 0.2) is 18.2 Å². The van der Waals surface area contributed by atoms with Crippen LogP contribution < -0.4 is 9.47 Å². The van der Waals surface area contributed by atoms with Crippen LogP contribution in [0.5, 0.6) is 11.5 Å². The van der Waals surface area contributed by atoms with E-state index in [1.807, 2.05) is 18.2 Å². The molecule has 0 N–H and O–H groups in total. The van der Waals surface area contributed by atoms with E-state index in [2.05, 4.69) is 15.2 Å². The van der Waals surface area contributed by atoms with Gasteiger partial charge in [-0.1, -0.05) is 11.6 Å². The van der Waals surface area contributed by atoms with Gasteiger partial charge in [0.1, 0.15) is 11.5 Å². The lowest BCUT2D eigenvalue weighted by Crippen LogP contribution is -1.96. The molecular formula is C11H8ClN3O2. The highest BCUT2D eigenvalue weighted by molar-refractivity contribution is 6.31. The van der Waals surface area contributed by atoms with Crippen molar-refractivity contribution in [1.29, 1.82) is 0 Å². The Morgan fingerprint density at radius 3 is 2.82 bits per heavy atom. The van der Waals surface area contributed by atoms with Gasteiger partial charge in [-0.3, -0.25) is 0 Å². The normalized spacial score (nSPS) is 12.8. The largest absolute Gasteiger partial charge is 0.454 e. The van der Waals surface area contributed by atoms with E-state index in [1.165, 1.54) is 0 Å². The Balaban J connectivity index is 2.09. The number of halogens is 1. The fourth-order valence-electron chi connectivity index (χ4n) is 1.60. The predicted octanol–water partition coefficient (Wildman–Crippen LogP) is 2.23. The fraction of sp³-hybridized carbons (Fsp3) is 0.182. The van der Waals surface area contributed by atoms with Crippen molar-refractivity contribution in [3.8, 4) is 22.8 Å². The highest BCUT2D eigenvalue weighted by atomic mass is 35.5. The highest BCUT2D eigenvalue weighted by Crippen LogP contribution is 2.36. The van der Waals surface area contributed by atoms with Crippen molar-refractivity contribution in [2.45, 2.75) is 6.92 Å². The van der Waals surface area contributed by atoms with Gasteiger partial charge in [-0.15, -0.1) is 10.2 Å². The molecule has 0 fully saturated rings. The molecule has 17 heavy (non-hydrogen) atoms. The number of hydrogen-bond acceptors (Lipinski definition) is 5. The molecule has 5 nitrogen and oxygen atoms in total. The Morgan fingerprint density at radius 1 is 1.18 bits per heavy atom. The van der Waals surface area contributed by atoms with Crippen LogP contribution >= 0.6 is 11.6 Å². The molecule has 0 aliphatic carbocycles. The number of aryl methyl sites for hydroxylation is 1. The average Bonchev–Trinajstić information content (AvgIpc) is 2.75. The molecule has 1 aliphatic rings. The molecular weight excluding hydrogens is 242 g/mol. The predicted molar refractivity (Wildman–Crippen MR) is 61.1 cm³/mol. The Hall–Kier alpha value is -1.88. The Bertz CT molecular complexity index is 589. The molecule has 6 heteroatoms. The fourth-order valence-corrected chi connectivity index (χ4v) is 1.87. The second kappa shape index (κ2) is 3.85. The van der Waals surface area contributed by atoms with E-state index in [0.29, 0.717) is 22.4 Å². The minimum atomic E-state index is 0.240. The number of benzene rings is 1. The Labute approximate surface area is 102 Å². The summed E-state index contributed by atoms with van der Waals surface area (Å²) in [6, 6.07) is 5.48. The van der Waals surface area contributed by atoms with Crippen LogP contribution in [0, 0.1) is 6.92 Å². The first-order chi connectivity index (χ1) is 8.24.